The smallest absolute Gasteiger partial charge is 0.288 e. The van der Waals surface area contributed by atoms with Gasteiger partial charge in [-0.15, -0.1) is 0 Å². The molecule has 5 rings (SSSR count). The third-order valence-electron chi connectivity index (χ3n) is 4.54. The first kappa shape index (κ1) is 19.7. The predicted molar refractivity (Wildman–Crippen MR) is 119 cm³/mol. The zero-order chi connectivity index (χ0) is 21.4. The van der Waals surface area contributed by atoms with Crippen LogP contribution in [0, 0.1) is 0 Å². The number of hydrogen-bond acceptors (Lipinski definition) is 6. The second-order valence-corrected chi connectivity index (χ2v) is 8.62. The Morgan fingerprint density at radius 3 is 2.71 bits per heavy atom. The lowest BCUT2D eigenvalue weighted by atomic mass is 10.1. The van der Waals surface area contributed by atoms with Crippen LogP contribution >= 0.6 is 23.1 Å². The van der Waals surface area contributed by atoms with E-state index >= 15 is 0 Å². The lowest BCUT2D eigenvalue weighted by Gasteiger charge is -2.08. The standard InChI is InChI=1S/C22H13F2N3O2S2/c23-21(24)30-12-7-8-16-19(10-12)31-22(26-16)27-20(28)14-11-17(18-6-3-9-29-18)25-15-5-2-1-4-13(14)15/h1-11,21H,(H,26,27,28). The van der Waals surface area contributed by atoms with Gasteiger partial charge in [-0.1, -0.05) is 41.3 Å². The monoisotopic (exact) mass is 453 g/mol. The Labute approximate surface area is 183 Å². The molecule has 31 heavy (non-hydrogen) atoms. The van der Waals surface area contributed by atoms with E-state index in [1.54, 1.807) is 42.7 Å². The number of halogens is 2. The third-order valence-corrected chi connectivity index (χ3v) is 6.18. The highest BCUT2D eigenvalue weighted by atomic mass is 32.2. The van der Waals surface area contributed by atoms with Crippen molar-refractivity contribution in [2.75, 3.05) is 5.32 Å². The molecule has 0 aliphatic heterocycles. The molecule has 154 valence electrons. The fraction of sp³-hybridized carbons (Fsp3) is 0.0455. The van der Waals surface area contributed by atoms with Gasteiger partial charge in [0.2, 0.25) is 0 Å². The summed E-state index contributed by atoms with van der Waals surface area (Å²) in [6.07, 6.45) is 1.55. The molecular formula is C22H13F2N3O2S2. The summed E-state index contributed by atoms with van der Waals surface area (Å²) in [5, 5.41) is 3.92. The van der Waals surface area contributed by atoms with Gasteiger partial charge < -0.3 is 4.42 Å². The van der Waals surface area contributed by atoms with E-state index in [1.807, 2.05) is 24.3 Å². The van der Waals surface area contributed by atoms with Gasteiger partial charge in [-0.05, 0) is 42.5 Å². The van der Waals surface area contributed by atoms with E-state index in [0.717, 1.165) is 4.70 Å². The number of pyridine rings is 1. The van der Waals surface area contributed by atoms with Crippen molar-refractivity contribution in [3.05, 3.63) is 72.5 Å². The highest BCUT2D eigenvalue weighted by Gasteiger charge is 2.17. The van der Waals surface area contributed by atoms with Crippen LogP contribution in [-0.2, 0) is 0 Å². The maximum atomic E-state index is 13.1. The number of para-hydroxylation sites is 1. The molecule has 0 fully saturated rings. The number of aromatic nitrogens is 2. The average Bonchev–Trinajstić information content (AvgIpc) is 3.42. The highest BCUT2D eigenvalue weighted by Crippen LogP contribution is 2.33. The first-order chi connectivity index (χ1) is 15.1. The van der Waals surface area contributed by atoms with Gasteiger partial charge in [-0.3, -0.25) is 10.1 Å². The number of carbonyl (C=O) groups is 1. The van der Waals surface area contributed by atoms with Crippen LogP contribution in [-0.4, -0.2) is 21.6 Å². The van der Waals surface area contributed by atoms with Gasteiger partial charge in [0.05, 0.1) is 27.6 Å². The molecule has 0 atom stereocenters. The van der Waals surface area contributed by atoms with Gasteiger partial charge in [0.1, 0.15) is 5.69 Å². The van der Waals surface area contributed by atoms with Crippen LogP contribution in [0.2, 0.25) is 0 Å². The number of alkyl halides is 2. The number of thioether (sulfide) groups is 1. The quantitative estimate of drug-likeness (QED) is 0.301. The van der Waals surface area contributed by atoms with Gasteiger partial charge in [-0.25, -0.2) is 9.97 Å². The molecule has 3 heterocycles. The molecule has 5 aromatic rings. The largest absolute Gasteiger partial charge is 0.463 e. The average molecular weight is 453 g/mol. The summed E-state index contributed by atoms with van der Waals surface area (Å²) < 4.78 is 31.4. The summed E-state index contributed by atoms with van der Waals surface area (Å²) in [5.41, 5.74) is 2.28. The molecule has 2 aromatic carbocycles. The molecule has 0 saturated heterocycles. The number of rotatable bonds is 5. The number of nitrogens with one attached hydrogen (secondary N) is 1. The Morgan fingerprint density at radius 2 is 1.90 bits per heavy atom. The summed E-state index contributed by atoms with van der Waals surface area (Å²) in [6.45, 7) is 0. The van der Waals surface area contributed by atoms with Crippen molar-refractivity contribution in [3.63, 3.8) is 0 Å². The van der Waals surface area contributed by atoms with Crippen molar-refractivity contribution >= 4 is 55.3 Å². The number of thiazole rings is 1. The zero-order valence-corrected chi connectivity index (χ0v) is 17.3. The van der Waals surface area contributed by atoms with Crippen molar-refractivity contribution in [1.29, 1.82) is 0 Å². The van der Waals surface area contributed by atoms with Gasteiger partial charge in [0.25, 0.3) is 11.7 Å². The first-order valence-electron chi connectivity index (χ1n) is 9.17. The fourth-order valence-electron chi connectivity index (χ4n) is 3.21. The van der Waals surface area contributed by atoms with Crippen LogP contribution in [0.15, 0.2) is 76.2 Å². The van der Waals surface area contributed by atoms with E-state index in [2.05, 4.69) is 15.3 Å². The van der Waals surface area contributed by atoms with E-state index in [4.69, 9.17) is 4.42 Å². The summed E-state index contributed by atoms with van der Waals surface area (Å²) >= 11 is 1.71. The number of amides is 1. The van der Waals surface area contributed by atoms with E-state index in [0.29, 0.717) is 55.2 Å². The lowest BCUT2D eigenvalue weighted by molar-refractivity contribution is 0.102. The predicted octanol–water partition coefficient (Wildman–Crippen LogP) is 6.67. The molecule has 0 unspecified atom stereocenters. The minimum Gasteiger partial charge on any atom is -0.463 e. The molecule has 1 N–H and O–H groups in total. The Morgan fingerprint density at radius 1 is 1.03 bits per heavy atom. The maximum Gasteiger partial charge on any atom is 0.288 e. The van der Waals surface area contributed by atoms with Gasteiger partial charge in [-0.2, -0.15) is 8.78 Å². The molecule has 5 nitrogen and oxygen atoms in total. The summed E-state index contributed by atoms with van der Waals surface area (Å²) in [7, 11) is 0. The van der Waals surface area contributed by atoms with Crippen molar-refractivity contribution in [3.8, 4) is 11.5 Å². The van der Waals surface area contributed by atoms with Gasteiger partial charge in [0, 0.05) is 10.3 Å². The van der Waals surface area contributed by atoms with Crippen LogP contribution in [0.5, 0.6) is 0 Å². The molecule has 0 spiro atoms. The lowest BCUT2D eigenvalue weighted by Crippen LogP contribution is -2.12. The van der Waals surface area contributed by atoms with Crippen LogP contribution in [0.25, 0.3) is 32.6 Å². The Balaban J connectivity index is 1.50. The Bertz CT molecular complexity index is 1400. The molecule has 0 radical (unpaired) electrons. The van der Waals surface area contributed by atoms with Crippen molar-refractivity contribution in [2.24, 2.45) is 0 Å². The summed E-state index contributed by atoms with van der Waals surface area (Å²) in [5.74, 6) is -2.27. The number of anilines is 1. The SMILES string of the molecule is O=C(Nc1nc2ccc(SC(F)F)cc2s1)c1cc(-c2ccco2)nc2ccccc12. The van der Waals surface area contributed by atoms with E-state index in [-0.39, 0.29) is 5.91 Å². The van der Waals surface area contributed by atoms with Crippen molar-refractivity contribution in [2.45, 2.75) is 10.7 Å². The number of nitrogens with zero attached hydrogens (tertiary/aromatic N) is 2. The topological polar surface area (TPSA) is 68.0 Å². The van der Waals surface area contributed by atoms with Crippen molar-refractivity contribution in [1.82, 2.24) is 9.97 Å². The zero-order valence-electron chi connectivity index (χ0n) is 15.7. The van der Waals surface area contributed by atoms with E-state index in [9.17, 15) is 13.6 Å². The van der Waals surface area contributed by atoms with Crippen LogP contribution in [0.4, 0.5) is 13.9 Å². The molecule has 0 saturated carbocycles. The molecule has 0 aliphatic carbocycles. The molecular weight excluding hydrogens is 440 g/mol. The summed E-state index contributed by atoms with van der Waals surface area (Å²) in [6, 6.07) is 17.5. The Kier molecular flexibility index (Phi) is 5.13. The Hall–Kier alpha value is -3.30. The maximum absolute atomic E-state index is 13.1. The van der Waals surface area contributed by atoms with Gasteiger partial charge in [0.15, 0.2) is 10.9 Å². The number of furan rings is 1. The van der Waals surface area contributed by atoms with Crippen LogP contribution < -0.4 is 5.32 Å². The third kappa shape index (κ3) is 4.01. The molecule has 3 aromatic heterocycles. The van der Waals surface area contributed by atoms with Crippen molar-refractivity contribution < 1.29 is 18.0 Å². The molecule has 0 aliphatic rings. The van der Waals surface area contributed by atoms with Crippen LogP contribution in [0.3, 0.4) is 0 Å². The van der Waals surface area contributed by atoms with E-state index in [1.165, 1.54) is 11.3 Å². The minimum atomic E-state index is -2.49. The highest BCUT2D eigenvalue weighted by molar-refractivity contribution is 7.99. The van der Waals surface area contributed by atoms with Crippen LogP contribution in [0.1, 0.15) is 10.4 Å². The second kappa shape index (κ2) is 8.09. The second-order valence-electron chi connectivity index (χ2n) is 6.53. The number of fused-ring (bicyclic) bond motifs is 2. The molecule has 0 bridgehead atoms. The molecule has 9 heteroatoms. The minimum absolute atomic E-state index is 0.340. The summed E-state index contributed by atoms with van der Waals surface area (Å²) in [4.78, 5) is 22.6. The fourth-order valence-corrected chi connectivity index (χ4v) is 4.73. The number of carbonyl (C=O) groups excluding carboxylic acids is 1. The normalized spacial score (nSPS) is 11.5. The molecule has 1 amide bonds. The first-order valence-corrected chi connectivity index (χ1v) is 10.9. The van der Waals surface area contributed by atoms with E-state index < -0.39 is 5.76 Å². The van der Waals surface area contributed by atoms with Gasteiger partial charge >= 0.3 is 0 Å². The number of hydrogen-bond donors (Lipinski definition) is 1. The number of benzene rings is 2.